The number of rotatable bonds is 14. The van der Waals surface area contributed by atoms with Crippen molar-refractivity contribution >= 4 is 0 Å². The van der Waals surface area contributed by atoms with Gasteiger partial charge in [0.1, 0.15) is 24.4 Å². The molecule has 0 N–H and O–H groups in total. The van der Waals surface area contributed by atoms with Crippen molar-refractivity contribution in [1.82, 2.24) is 0 Å². The van der Waals surface area contributed by atoms with Crippen LogP contribution in [0.1, 0.15) is 30.5 Å². The Hall–Kier alpha value is -3.31. The molecule has 43 heavy (non-hydrogen) atoms. The van der Waals surface area contributed by atoms with Crippen molar-refractivity contribution in [3.63, 3.8) is 0 Å². The SMILES string of the molecule is CC1(C)OCC(CO[C@@H]2O[C@H](CN=[N+]=[N-])[C@@H](OCc3ccccc3)[C@H](OCc3ccccc3)[C@@H]2OCc2ccccc2)O1. The minimum atomic E-state index is -0.854. The van der Waals surface area contributed by atoms with Gasteiger partial charge in [0.05, 0.1) is 45.7 Å². The summed E-state index contributed by atoms with van der Waals surface area (Å²) in [5, 5.41) is 3.84. The van der Waals surface area contributed by atoms with Crippen LogP contribution in [0, 0.1) is 0 Å². The second-order valence-corrected chi connectivity index (χ2v) is 11.0. The Morgan fingerprint density at radius 1 is 0.744 bits per heavy atom. The van der Waals surface area contributed by atoms with Crippen molar-refractivity contribution in [3.8, 4) is 0 Å². The van der Waals surface area contributed by atoms with E-state index in [0.29, 0.717) is 26.4 Å². The van der Waals surface area contributed by atoms with E-state index in [1.54, 1.807) is 0 Å². The highest BCUT2D eigenvalue weighted by molar-refractivity contribution is 5.15. The van der Waals surface area contributed by atoms with Gasteiger partial charge in [-0.15, -0.1) is 0 Å². The summed E-state index contributed by atoms with van der Waals surface area (Å²) < 4.78 is 44.2. The van der Waals surface area contributed by atoms with Gasteiger partial charge in [-0.3, -0.25) is 0 Å². The van der Waals surface area contributed by atoms with Crippen LogP contribution in [-0.4, -0.2) is 62.4 Å². The highest BCUT2D eigenvalue weighted by Gasteiger charge is 2.49. The largest absolute Gasteiger partial charge is 0.368 e. The highest BCUT2D eigenvalue weighted by atomic mass is 16.8. The zero-order valence-corrected chi connectivity index (χ0v) is 24.6. The standard InChI is InChI=1S/C33H39N3O7/c1-33(2)41-23-27(43-33)22-40-32-31(39-21-26-16-10-5-11-17-26)30(38-20-25-14-8-4-9-15-25)29(28(42-32)18-35-36-34)37-19-24-12-6-3-7-13-24/h3-17,27-32H,18-23H2,1-2H3/t27?,28-,29-,30+,31+,32-/m1/s1. The van der Waals surface area contributed by atoms with Gasteiger partial charge in [-0.05, 0) is 36.1 Å². The summed E-state index contributed by atoms with van der Waals surface area (Å²) in [4.78, 5) is 2.99. The average molecular weight is 590 g/mol. The molecule has 228 valence electrons. The Morgan fingerprint density at radius 2 is 1.26 bits per heavy atom. The summed E-state index contributed by atoms with van der Waals surface area (Å²) >= 11 is 0. The van der Waals surface area contributed by atoms with Crippen LogP contribution in [0.2, 0.25) is 0 Å². The molecule has 2 aliphatic heterocycles. The molecule has 10 nitrogen and oxygen atoms in total. The average Bonchev–Trinajstić information content (AvgIpc) is 3.39. The second-order valence-electron chi connectivity index (χ2n) is 11.0. The van der Waals surface area contributed by atoms with E-state index in [9.17, 15) is 5.53 Å². The van der Waals surface area contributed by atoms with Crippen molar-refractivity contribution in [3.05, 3.63) is 118 Å². The highest BCUT2D eigenvalue weighted by Crippen LogP contribution is 2.32. The van der Waals surface area contributed by atoms with Crippen LogP contribution in [0.4, 0.5) is 0 Å². The molecule has 0 aliphatic carbocycles. The molecule has 2 heterocycles. The third-order valence-corrected chi connectivity index (χ3v) is 7.29. The summed E-state index contributed by atoms with van der Waals surface area (Å²) in [5.41, 5.74) is 12.2. The normalized spacial score (nSPS) is 26.6. The number of ether oxygens (including phenoxy) is 7. The summed E-state index contributed by atoms with van der Waals surface area (Å²) in [6.45, 7) is 5.32. The maximum Gasteiger partial charge on any atom is 0.186 e. The molecule has 0 saturated carbocycles. The molecular formula is C33H39N3O7. The number of hydrogen-bond donors (Lipinski definition) is 0. The van der Waals surface area contributed by atoms with E-state index in [2.05, 4.69) is 10.0 Å². The van der Waals surface area contributed by atoms with Crippen LogP contribution in [0.15, 0.2) is 96.1 Å². The third kappa shape index (κ3) is 9.09. The Labute approximate surface area is 252 Å². The topological polar surface area (TPSA) is 113 Å². The summed E-state index contributed by atoms with van der Waals surface area (Å²) in [6.07, 6.45) is -3.71. The lowest BCUT2D eigenvalue weighted by atomic mass is 9.97. The monoisotopic (exact) mass is 589 g/mol. The number of azide groups is 1. The Morgan fingerprint density at radius 3 is 1.74 bits per heavy atom. The van der Waals surface area contributed by atoms with Crippen molar-refractivity contribution in [2.75, 3.05) is 19.8 Å². The van der Waals surface area contributed by atoms with Gasteiger partial charge in [0, 0.05) is 4.91 Å². The molecule has 3 aromatic rings. The zero-order valence-electron chi connectivity index (χ0n) is 24.6. The molecule has 2 aliphatic rings. The molecule has 5 rings (SSSR count). The molecule has 0 amide bonds. The maximum atomic E-state index is 9.18. The van der Waals surface area contributed by atoms with Crippen LogP contribution in [-0.2, 0) is 53.0 Å². The van der Waals surface area contributed by atoms with Gasteiger partial charge in [-0.25, -0.2) is 0 Å². The fraction of sp³-hybridized carbons (Fsp3) is 0.455. The minimum Gasteiger partial charge on any atom is -0.368 e. The second kappa shape index (κ2) is 15.4. The summed E-state index contributed by atoms with van der Waals surface area (Å²) in [7, 11) is 0. The van der Waals surface area contributed by atoms with Gasteiger partial charge in [-0.1, -0.05) is 96.1 Å². The number of hydrogen-bond acceptors (Lipinski definition) is 8. The molecule has 10 heteroatoms. The van der Waals surface area contributed by atoms with Gasteiger partial charge in [-0.2, -0.15) is 0 Å². The molecule has 0 radical (unpaired) electrons. The van der Waals surface area contributed by atoms with Gasteiger partial charge < -0.3 is 33.2 Å². The van der Waals surface area contributed by atoms with Gasteiger partial charge in [0.2, 0.25) is 0 Å². The predicted molar refractivity (Wildman–Crippen MR) is 159 cm³/mol. The Bertz CT molecular complexity index is 1290. The van der Waals surface area contributed by atoms with Crippen LogP contribution in [0.25, 0.3) is 10.4 Å². The maximum absolute atomic E-state index is 9.18. The van der Waals surface area contributed by atoms with Crippen LogP contribution in [0.5, 0.6) is 0 Å². The molecule has 6 atom stereocenters. The first-order valence-electron chi connectivity index (χ1n) is 14.6. The van der Waals surface area contributed by atoms with Gasteiger partial charge in [0.15, 0.2) is 12.1 Å². The molecule has 2 saturated heterocycles. The fourth-order valence-corrected chi connectivity index (χ4v) is 5.19. The quantitative estimate of drug-likeness (QED) is 0.130. The lowest BCUT2D eigenvalue weighted by Crippen LogP contribution is -2.61. The molecule has 0 spiro atoms. The smallest absolute Gasteiger partial charge is 0.186 e. The molecule has 0 bridgehead atoms. The van der Waals surface area contributed by atoms with E-state index in [-0.39, 0.29) is 19.3 Å². The zero-order chi connectivity index (χ0) is 29.9. The minimum absolute atomic E-state index is 0.0302. The molecule has 2 fully saturated rings. The third-order valence-electron chi connectivity index (χ3n) is 7.29. The van der Waals surface area contributed by atoms with Crippen molar-refractivity contribution in [1.29, 1.82) is 0 Å². The summed E-state index contributed by atoms with van der Waals surface area (Å²) in [6, 6.07) is 29.7. The van der Waals surface area contributed by atoms with E-state index in [4.69, 9.17) is 33.2 Å². The summed E-state index contributed by atoms with van der Waals surface area (Å²) in [5.74, 6) is -0.688. The van der Waals surface area contributed by atoms with E-state index >= 15 is 0 Å². The van der Waals surface area contributed by atoms with Crippen molar-refractivity contribution in [2.45, 2.75) is 76.3 Å². The van der Waals surface area contributed by atoms with Crippen LogP contribution >= 0.6 is 0 Å². The van der Waals surface area contributed by atoms with Gasteiger partial charge >= 0.3 is 0 Å². The first-order chi connectivity index (χ1) is 21.0. The molecule has 3 aromatic carbocycles. The van der Waals surface area contributed by atoms with Gasteiger partial charge in [0.25, 0.3) is 0 Å². The predicted octanol–water partition coefficient (Wildman–Crippen LogP) is 5.95. The number of nitrogens with zero attached hydrogens (tertiary/aromatic N) is 3. The van der Waals surface area contributed by atoms with E-state index < -0.39 is 36.5 Å². The van der Waals surface area contributed by atoms with Crippen molar-refractivity contribution < 1.29 is 33.2 Å². The molecule has 1 unspecified atom stereocenters. The van der Waals surface area contributed by atoms with E-state index in [0.717, 1.165) is 16.7 Å². The number of benzene rings is 3. The molecular weight excluding hydrogens is 550 g/mol. The van der Waals surface area contributed by atoms with Crippen molar-refractivity contribution in [2.24, 2.45) is 5.11 Å². The lowest BCUT2D eigenvalue weighted by molar-refractivity contribution is -0.324. The van der Waals surface area contributed by atoms with Crippen LogP contribution in [0.3, 0.4) is 0 Å². The Kier molecular flexibility index (Phi) is 11.2. The fourth-order valence-electron chi connectivity index (χ4n) is 5.19. The van der Waals surface area contributed by atoms with E-state index in [1.165, 1.54) is 0 Å². The van der Waals surface area contributed by atoms with Crippen LogP contribution < -0.4 is 0 Å². The first-order valence-corrected chi connectivity index (χ1v) is 14.6. The lowest BCUT2D eigenvalue weighted by Gasteiger charge is -2.45. The first kappa shape index (κ1) is 31.1. The molecule has 0 aromatic heterocycles. The Balaban J connectivity index is 1.42. The van der Waals surface area contributed by atoms with E-state index in [1.807, 2.05) is 105 Å².